The summed E-state index contributed by atoms with van der Waals surface area (Å²) in [6.45, 7) is -1.57. The fourth-order valence-corrected chi connectivity index (χ4v) is 4.62. The highest BCUT2D eigenvalue weighted by Gasteiger charge is 2.79. The van der Waals surface area contributed by atoms with E-state index >= 15 is 0 Å². The summed E-state index contributed by atoms with van der Waals surface area (Å²) in [7, 11) is 0. The minimum absolute atomic E-state index is 0.205. The second kappa shape index (κ2) is 3.20. The molecule has 0 saturated heterocycles. The normalized spacial score (nSPS) is 51.7. The van der Waals surface area contributed by atoms with E-state index in [0.717, 1.165) is 0 Å². The van der Waals surface area contributed by atoms with E-state index in [0.29, 0.717) is 0 Å². The Morgan fingerprint density at radius 1 is 0.833 bits per heavy atom. The Labute approximate surface area is 102 Å². The Kier molecular flexibility index (Phi) is 2.25. The number of aliphatic hydroxyl groups is 2. The van der Waals surface area contributed by atoms with Crippen molar-refractivity contribution in [3.8, 4) is 0 Å². The summed E-state index contributed by atoms with van der Waals surface area (Å²) in [6.07, 6.45) is -1.38. The van der Waals surface area contributed by atoms with Crippen molar-refractivity contribution < 1.29 is 27.8 Å². The fraction of sp³-hybridized carbons (Fsp3) is 1.00. The molecule has 2 N–H and O–H groups in total. The van der Waals surface area contributed by atoms with Crippen LogP contribution in [0.1, 0.15) is 25.7 Å². The number of rotatable bonds is 2. The van der Waals surface area contributed by atoms with Gasteiger partial charge in [-0.25, -0.2) is 17.6 Å². The van der Waals surface area contributed by atoms with E-state index in [-0.39, 0.29) is 19.3 Å². The number of halogens is 4. The van der Waals surface area contributed by atoms with Crippen LogP contribution in [-0.2, 0) is 0 Å². The Bertz CT molecular complexity index is 352. The third-order valence-electron chi connectivity index (χ3n) is 5.57. The molecule has 4 aliphatic rings. The average molecular weight is 268 g/mol. The second-order valence-electron chi connectivity index (χ2n) is 6.34. The Balaban J connectivity index is 2.12. The topological polar surface area (TPSA) is 40.5 Å². The lowest BCUT2D eigenvalue weighted by Crippen LogP contribution is -2.72. The summed E-state index contributed by atoms with van der Waals surface area (Å²) >= 11 is 0. The molecule has 104 valence electrons. The Morgan fingerprint density at radius 2 is 1.22 bits per heavy atom. The number of hydrogen-bond acceptors (Lipinski definition) is 2. The summed E-state index contributed by atoms with van der Waals surface area (Å²) in [5.74, 6) is -8.48. The van der Waals surface area contributed by atoms with Crippen LogP contribution in [0.3, 0.4) is 0 Å². The van der Waals surface area contributed by atoms with Gasteiger partial charge in [0.25, 0.3) is 11.8 Å². The van der Waals surface area contributed by atoms with Crippen LogP contribution in [-0.4, -0.2) is 35.3 Å². The first-order valence-corrected chi connectivity index (χ1v) is 6.22. The van der Waals surface area contributed by atoms with Gasteiger partial charge >= 0.3 is 0 Å². The van der Waals surface area contributed by atoms with Crippen LogP contribution < -0.4 is 0 Å². The molecule has 4 fully saturated rings. The van der Waals surface area contributed by atoms with Gasteiger partial charge in [0, 0.05) is 11.8 Å². The molecule has 4 bridgehead atoms. The molecule has 0 aromatic rings. The smallest absolute Gasteiger partial charge is 0.258 e. The zero-order chi connectivity index (χ0) is 13.4. The predicted molar refractivity (Wildman–Crippen MR) is 54.4 cm³/mol. The molecule has 4 rings (SSSR count). The molecular weight excluding hydrogens is 252 g/mol. The van der Waals surface area contributed by atoms with Crippen LogP contribution in [0.4, 0.5) is 17.6 Å². The number of alkyl halides is 4. The predicted octanol–water partition coefficient (Wildman–Crippen LogP) is 2.05. The van der Waals surface area contributed by atoms with Crippen molar-refractivity contribution in [2.24, 2.45) is 22.7 Å². The van der Waals surface area contributed by atoms with Crippen LogP contribution in [0, 0.1) is 22.7 Å². The van der Waals surface area contributed by atoms with Crippen molar-refractivity contribution in [1.82, 2.24) is 0 Å². The number of aliphatic hydroxyl groups excluding tert-OH is 2. The van der Waals surface area contributed by atoms with E-state index in [1.165, 1.54) is 0 Å². The maximum absolute atomic E-state index is 14.2. The highest BCUT2D eigenvalue weighted by molar-refractivity contribution is 5.20. The van der Waals surface area contributed by atoms with Gasteiger partial charge in [0.15, 0.2) is 0 Å². The molecule has 4 aliphatic carbocycles. The minimum atomic E-state index is -3.10. The van der Waals surface area contributed by atoms with Crippen molar-refractivity contribution >= 4 is 0 Å². The third kappa shape index (κ3) is 1.08. The molecule has 0 spiro atoms. The van der Waals surface area contributed by atoms with E-state index in [9.17, 15) is 27.8 Å². The zero-order valence-corrected chi connectivity index (χ0v) is 9.80. The first-order chi connectivity index (χ1) is 8.25. The highest BCUT2D eigenvalue weighted by Crippen LogP contribution is 2.74. The maximum Gasteiger partial charge on any atom is 0.258 e. The standard InChI is InChI=1S/C12H16F4O2/c13-11(14)7-1-8-3-10(11,6-18)4-9(2-7,5-17)12(8,15)16/h7-8,17-18H,1-6H2. The van der Waals surface area contributed by atoms with Gasteiger partial charge in [0.05, 0.1) is 24.0 Å². The molecule has 0 amide bonds. The van der Waals surface area contributed by atoms with Gasteiger partial charge in [0.1, 0.15) is 0 Å². The molecule has 4 saturated carbocycles. The van der Waals surface area contributed by atoms with Crippen LogP contribution in [0.5, 0.6) is 0 Å². The first kappa shape index (κ1) is 12.7. The summed E-state index contributed by atoms with van der Waals surface area (Å²) in [5, 5.41) is 18.7. The van der Waals surface area contributed by atoms with Crippen molar-refractivity contribution in [2.45, 2.75) is 37.5 Å². The fourth-order valence-electron chi connectivity index (χ4n) is 4.62. The minimum Gasteiger partial charge on any atom is -0.396 e. The lowest BCUT2D eigenvalue weighted by Gasteiger charge is -2.66. The molecule has 0 radical (unpaired) electrons. The van der Waals surface area contributed by atoms with Gasteiger partial charge in [-0.1, -0.05) is 0 Å². The van der Waals surface area contributed by atoms with Crippen molar-refractivity contribution in [2.75, 3.05) is 13.2 Å². The molecule has 2 nitrogen and oxygen atoms in total. The summed E-state index contributed by atoms with van der Waals surface area (Å²) in [5.41, 5.74) is -3.52. The summed E-state index contributed by atoms with van der Waals surface area (Å²) in [4.78, 5) is 0. The lowest BCUT2D eigenvalue weighted by atomic mass is 9.41. The van der Waals surface area contributed by atoms with Crippen LogP contribution in [0.25, 0.3) is 0 Å². The van der Waals surface area contributed by atoms with E-state index in [4.69, 9.17) is 0 Å². The highest BCUT2D eigenvalue weighted by atomic mass is 19.3. The second-order valence-corrected chi connectivity index (χ2v) is 6.34. The molecular formula is C12H16F4O2. The van der Waals surface area contributed by atoms with Crippen LogP contribution >= 0.6 is 0 Å². The van der Waals surface area contributed by atoms with E-state index in [2.05, 4.69) is 0 Å². The van der Waals surface area contributed by atoms with Gasteiger partial charge in [0.2, 0.25) is 0 Å². The largest absolute Gasteiger partial charge is 0.396 e. The van der Waals surface area contributed by atoms with Crippen LogP contribution in [0.2, 0.25) is 0 Å². The first-order valence-electron chi connectivity index (χ1n) is 6.22. The summed E-state index contributed by atoms with van der Waals surface area (Å²) in [6, 6.07) is 0. The van der Waals surface area contributed by atoms with Gasteiger partial charge in [-0.3, -0.25) is 0 Å². The molecule has 0 aromatic carbocycles. The molecule has 4 atom stereocenters. The van der Waals surface area contributed by atoms with E-state index in [1.807, 2.05) is 0 Å². The van der Waals surface area contributed by atoms with Gasteiger partial charge in [-0.15, -0.1) is 0 Å². The quantitative estimate of drug-likeness (QED) is 0.752. The third-order valence-corrected chi connectivity index (χ3v) is 5.57. The van der Waals surface area contributed by atoms with Gasteiger partial charge in [-0.05, 0) is 25.7 Å². The molecule has 0 aliphatic heterocycles. The maximum atomic E-state index is 14.2. The van der Waals surface area contributed by atoms with Gasteiger partial charge < -0.3 is 10.2 Å². The zero-order valence-electron chi connectivity index (χ0n) is 9.80. The lowest BCUT2D eigenvalue weighted by molar-refractivity contribution is -0.361. The van der Waals surface area contributed by atoms with Crippen molar-refractivity contribution in [3.05, 3.63) is 0 Å². The van der Waals surface area contributed by atoms with E-state index < -0.39 is 54.1 Å². The molecule has 0 heterocycles. The SMILES string of the molecule is OCC12CC3CC(CC(CO)(C1)C3(F)F)C2(F)F. The monoisotopic (exact) mass is 268 g/mol. The van der Waals surface area contributed by atoms with Gasteiger partial charge in [-0.2, -0.15) is 0 Å². The number of hydrogen-bond donors (Lipinski definition) is 2. The molecule has 18 heavy (non-hydrogen) atoms. The Hall–Kier alpha value is -0.360. The molecule has 4 unspecified atom stereocenters. The molecule has 6 heteroatoms. The average Bonchev–Trinajstić information content (AvgIpc) is 2.27. The van der Waals surface area contributed by atoms with Crippen LogP contribution in [0.15, 0.2) is 0 Å². The van der Waals surface area contributed by atoms with Crippen molar-refractivity contribution in [3.63, 3.8) is 0 Å². The Morgan fingerprint density at radius 3 is 1.56 bits per heavy atom. The van der Waals surface area contributed by atoms with Crippen molar-refractivity contribution in [1.29, 1.82) is 0 Å². The van der Waals surface area contributed by atoms with E-state index in [1.54, 1.807) is 0 Å². The molecule has 0 aromatic heterocycles. The summed E-state index contributed by atoms with van der Waals surface area (Å²) < 4.78 is 56.9.